The van der Waals surface area contributed by atoms with E-state index in [2.05, 4.69) is 4.98 Å². The van der Waals surface area contributed by atoms with Gasteiger partial charge < -0.3 is 5.73 Å². The van der Waals surface area contributed by atoms with Crippen LogP contribution < -0.4 is 10.0 Å². The molecule has 0 fully saturated rings. The predicted molar refractivity (Wildman–Crippen MR) is 107 cm³/mol. The summed E-state index contributed by atoms with van der Waals surface area (Å²) < 4.78 is 28.1. The maximum absolute atomic E-state index is 13.0. The van der Waals surface area contributed by atoms with E-state index < -0.39 is 10.0 Å². The quantitative estimate of drug-likeness (QED) is 0.648. The summed E-state index contributed by atoms with van der Waals surface area (Å²) in [5.41, 5.74) is 6.35. The lowest BCUT2D eigenvalue weighted by Crippen LogP contribution is -2.35. The number of hydrogen-bond donors (Lipinski definition) is 1. The molecule has 0 bridgehead atoms. The molecule has 2 N–H and O–H groups in total. The lowest BCUT2D eigenvalue weighted by Gasteiger charge is -2.21. The minimum atomic E-state index is -3.85. The average molecular weight is 439 g/mol. The molecule has 0 saturated carbocycles. The number of nitrogens with two attached hydrogens (primary N) is 1. The molecule has 1 heterocycles. The second-order valence-corrected chi connectivity index (χ2v) is 8.59. The third-order valence-corrected chi connectivity index (χ3v) is 7.01. The number of thiazole rings is 1. The number of benzene rings is 2. The molecule has 134 valence electrons. The van der Waals surface area contributed by atoms with Gasteiger partial charge in [-0.05, 0) is 30.3 Å². The summed E-state index contributed by atoms with van der Waals surface area (Å²) in [7, 11) is -3.85. The van der Waals surface area contributed by atoms with E-state index in [0.717, 1.165) is 10.2 Å². The van der Waals surface area contributed by atoms with Crippen molar-refractivity contribution in [2.45, 2.75) is 4.90 Å². The molecule has 3 rings (SSSR count). The van der Waals surface area contributed by atoms with Gasteiger partial charge >= 0.3 is 0 Å². The lowest BCUT2D eigenvalue weighted by molar-refractivity contribution is 0.591. The van der Waals surface area contributed by atoms with Crippen LogP contribution in [0.15, 0.2) is 47.4 Å². The second-order valence-electron chi connectivity index (χ2n) is 4.91. The van der Waals surface area contributed by atoms with Crippen LogP contribution in [0.4, 0.5) is 5.13 Å². The van der Waals surface area contributed by atoms with Crippen molar-refractivity contribution in [3.63, 3.8) is 0 Å². The van der Waals surface area contributed by atoms with Crippen molar-refractivity contribution in [2.24, 2.45) is 5.73 Å². The van der Waals surface area contributed by atoms with Crippen LogP contribution in [-0.4, -0.2) is 26.5 Å². The number of hydrogen-bond acceptors (Lipinski definition) is 5. The first-order chi connectivity index (χ1) is 11.4. The molecule has 0 saturated heterocycles. The van der Waals surface area contributed by atoms with Crippen LogP contribution in [0.1, 0.15) is 0 Å². The number of anilines is 1. The molecule has 0 amide bonds. The van der Waals surface area contributed by atoms with E-state index in [9.17, 15) is 8.42 Å². The number of nitrogens with zero attached hydrogens (tertiary/aromatic N) is 2. The minimum Gasteiger partial charge on any atom is -0.329 e. The SMILES string of the molecule is Cl.NCCN(c1nc2ccccc2s1)S(=O)(=O)c1ccc(Cl)c(Cl)c1. The first kappa shape index (κ1) is 20.2. The van der Waals surface area contributed by atoms with E-state index in [1.54, 1.807) is 0 Å². The Morgan fingerprint density at radius 1 is 1.12 bits per heavy atom. The molecule has 5 nitrogen and oxygen atoms in total. The Balaban J connectivity index is 0.00000225. The zero-order chi connectivity index (χ0) is 17.3. The Hall–Kier alpha value is -1.09. The van der Waals surface area contributed by atoms with Crippen LogP contribution in [0.2, 0.25) is 10.0 Å². The topological polar surface area (TPSA) is 76.3 Å². The van der Waals surface area contributed by atoms with Crippen LogP contribution >= 0.6 is 46.9 Å². The summed E-state index contributed by atoms with van der Waals surface area (Å²) >= 11 is 13.1. The van der Waals surface area contributed by atoms with Crippen LogP contribution in [0.25, 0.3) is 10.2 Å². The molecular formula is C15H14Cl3N3O2S2. The summed E-state index contributed by atoms with van der Waals surface area (Å²) in [5.74, 6) is 0. The molecule has 0 spiro atoms. The number of rotatable bonds is 5. The van der Waals surface area contributed by atoms with Crippen molar-refractivity contribution >= 4 is 72.3 Å². The summed E-state index contributed by atoms with van der Waals surface area (Å²) in [6, 6.07) is 11.7. The lowest BCUT2D eigenvalue weighted by atomic mass is 10.3. The molecule has 2 aromatic carbocycles. The zero-order valence-corrected chi connectivity index (χ0v) is 16.7. The van der Waals surface area contributed by atoms with Gasteiger partial charge in [-0.15, -0.1) is 12.4 Å². The molecule has 0 aliphatic heterocycles. The molecule has 0 aliphatic carbocycles. The van der Waals surface area contributed by atoms with E-state index in [-0.39, 0.29) is 35.4 Å². The van der Waals surface area contributed by atoms with Gasteiger partial charge in [0, 0.05) is 13.1 Å². The van der Waals surface area contributed by atoms with Crippen LogP contribution in [-0.2, 0) is 10.0 Å². The minimum absolute atomic E-state index is 0. The number of para-hydroxylation sites is 1. The van der Waals surface area contributed by atoms with Crippen molar-refractivity contribution in [1.29, 1.82) is 0 Å². The van der Waals surface area contributed by atoms with Gasteiger partial charge in [-0.25, -0.2) is 17.7 Å². The predicted octanol–water partition coefficient (Wildman–Crippen LogP) is 4.18. The van der Waals surface area contributed by atoms with Crippen molar-refractivity contribution in [3.05, 3.63) is 52.5 Å². The Morgan fingerprint density at radius 2 is 1.84 bits per heavy atom. The fourth-order valence-corrected chi connectivity index (χ4v) is 5.19. The normalized spacial score (nSPS) is 11.3. The number of fused-ring (bicyclic) bond motifs is 1. The van der Waals surface area contributed by atoms with Crippen molar-refractivity contribution in [3.8, 4) is 0 Å². The summed E-state index contributed by atoms with van der Waals surface area (Å²) in [5, 5.41) is 0.837. The molecule has 0 radical (unpaired) electrons. The van der Waals surface area contributed by atoms with E-state index in [4.69, 9.17) is 28.9 Å². The summed E-state index contributed by atoms with van der Waals surface area (Å²) in [6.45, 7) is 0.277. The van der Waals surface area contributed by atoms with Gasteiger partial charge in [0.1, 0.15) is 0 Å². The Labute approximate surface area is 165 Å². The first-order valence-electron chi connectivity index (χ1n) is 6.97. The van der Waals surface area contributed by atoms with E-state index in [0.29, 0.717) is 10.2 Å². The van der Waals surface area contributed by atoms with Crippen molar-refractivity contribution in [2.75, 3.05) is 17.4 Å². The highest BCUT2D eigenvalue weighted by atomic mass is 35.5. The highest BCUT2D eigenvalue weighted by Gasteiger charge is 2.27. The fourth-order valence-electron chi connectivity index (χ4n) is 2.17. The van der Waals surface area contributed by atoms with Crippen molar-refractivity contribution < 1.29 is 8.42 Å². The monoisotopic (exact) mass is 437 g/mol. The molecule has 0 unspecified atom stereocenters. The van der Waals surface area contributed by atoms with Gasteiger partial charge in [0.25, 0.3) is 10.0 Å². The standard InChI is InChI=1S/C15H13Cl2N3O2S2.ClH/c16-11-6-5-10(9-12(11)17)24(21,22)20(8-7-18)15-19-13-3-1-2-4-14(13)23-15;/h1-6,9H,7-8,18H2;1H. The Kier molecular flexibility index (Phi) is 6.53. The molecule has 3 aromatic rings. The van der Waals surface area contributed by atoms with E-state index >= 15 is 0 Å². The Morgan fingerprint density at radius 3 is 2.48 bits per heavy atom. The van der Waals surface area contributed by atoms with Crippen LogP contribution in [0.5, 0.6) is 0 Å². The first-order valence-corrected chi connectivity index (χ1v) is 9.98. The zero-order valence-electron chi connectivity index (χ0n) is 12.7. The van der Waals surface area contributed by atoms with E-state index in [1.165, 1.54) is 33.8 Å². The van der Waals surface area contributed by atoms with Gasteiger partial charge in [0.05, 0.1) is 25.2 Å². The molecule has 25 heavy (non-hydrogen) atoms. The van der Waals surface area contributed by atoms with E-state index in [1.807, 2.05) is 24.3 Å². The number of sulfonamides is 1. The van der Waals surface area contributed by atoms with Crippen LogP contribution in [0.3, 0.4) is 0 Å². The van der Waals surface area contributed by atoms with Gasteiger partial charge in [0.2, 0.25) is 5.13 Å². The second kappa shape index (κ2) is 8.07. The smallest absolute Gasteiger partial charge is 0.266 e. The highest BCUT2D eigenvalue weighted by Crippen LogP contribution is 2.33. The summed E-state index contributed by atoms with van der Waals surface area (Å²) in [4.78, 5) is 4.46. The molecular weight excluding hydrogens is 425 g/mol. The molecule has 0 aliphatic rings. The van der Waals surface area contributed by atoms with Crippen molar-refractivity contribution in [1.82, 2.24) is 4.98 Å². The highest BCUT2D eigenvalue weighted by molar-refractivity contribution is 7.93. The fraction of sp³-hybridized carbons (Fsp3) is 0.133. The van der Waals surface area contributed by atoms with Gasteiger partial charge in [0.15, 0.2) is 0 Å². The number of halogens is 3. The number of aromatic nitrogens is 1. The molecule has 0 atom stereocenters. The maximum Gasteiger partial charge on any atom is 0.266 e. The molecule has 10 heteroatoms. The third-order valence-electron chi connectivity index (χ3n) is 3.31. The average Bonchev–Trinajstić information content (AvgIpc) is 2.98. The van der Waals surface area contributed by atoms with Crippen LogP contribution in [0, 0.1) is 0 Å². The van der Waals surface area contributed by atoms with Gasteiger partial charge in [-0.1, -0.05) is 46.7 Å². The third kappa shape index (κ3) is 4.02. The molecule has 1 aromatic heterocycles. The van der Waals surface area contributed by atoms with Gasteiger partial charge in [-0.2, -0.15) is 0 Å². The Bertz CT molecular complexity index is 960. The summed E-state index contributed by atoms with van der Waals surface area (Å²) in [6.07, 6.45) is 0. The largest absolute Gasteiger partial charge is 0.329 e. The van der Waals surface area contributed by atoms with Gasteiger partial charge in [-0.3, -0.25) is 0 Å². The maximum atomic E-state index is 13.0.